The number of nitrogens with zero attached hydrogens (tertiary/aromatic N) is 1. The monoisotopic (exact) mass is 265 g/mol. The van der Waals surface area contributed by atoms with Crippen molar-refractivity contribution in [3.63, 3.8) is 0 Å². The normalized spacial score (nSPS) is 20.6. The molecule has 0 atom stereocenters. The lowest BCUT2D eigenvalue weighted by Gasteiger charge is -2.32. The van der Waals surface area contributed by atoms with Gasteiger partial charge in [-0.25, -0.2) is 0 Å². The Morgan fingerprint density at radius 1 is 1.26 bits per heavy atom. The molecule has 0 aliphatic carbocycles. The maximum atomic E-state index is 9.12. The molecule has 0 spiro atoms. The van der Waals surface area contributed by atoms with E-state index in [0.717, 1.165) is 0 Å². The van der Waals surface area contributed by atoms with Gasteiger partial charge in [-0.3, -0.25) is 4.98 Å². The van der Waals surface area contributed by atoms with Crippen molar-refractivity contribution in [3.05, 3.63) is 17.8 Å². The maximum Gasteiger partial charge on any atom is 0.518 e. The van der Waals surface area contributed by atoms with Crippen LogP contribution in [0, 0.1) is 0 Å². The Bertz CT molecular complexity index is 460. The number of rotatable bonds is 3. The molecular weight excluding hydrogens is 245 g/mol. The van der Waals surface area contributed by atoms with Gasteiger partial charge in [-0.2, -0.15) is 0 Å². The van der Waals surface area contributed by atoms with Crippen LogP contribution in [0.15, 0.2) is 12.3 Å². The summed E-state index contributed by atoms with van der Waals surface area (Å²) in [6.45, 7) is 7.87. The van der Waals surface area contributed by atoms with Gasteiger partial charge in [-0.1, -0.05) is 0 Å². The zero-order valence-electron chi connectivity index (χ0n) is 12.1. The van der Waals surface area contributed by atoms with E-state index in [1.54, 1.807) is 19.4 Å². The van der Waals surface area contributed by atoms with Crippen LogP contribution in [0.5, 0.6) is 5.75 Å². The second-order valence-electron chi connectivity index (χ2n) is 5.68. The van der Waals surface area contributed by atoms with Crippen LogP contribution in [-0.2, 0) is 15.9 Å². The number of aromatic nitrogens is 1. The van der Waals surface area contributed by atoms with E-state index in [2.05, 4.69) is 4.98 Å². The lowest BCUT2D eigenvalue weighted by atomic mass is 9.83. The highest BCUT2D eigenvalue weighted by molar-refractivity contribution is 6.62. The fourth-order valence-electron chi connectivity index (χ4n) is 1.88. The highest BCUT2D eigenvalue weighted by atomic mass is 16.7. The lowest BCUT2D eigenvalue weighted by molar-refractivity contribution is 0.00578. The van der Waals surface area contributed by atoms with Gasteiger partial charge in [-0.15, -0.1) is 0 Å². The Hall–Kier alpha value is -1.11. The number of pyridine rings is 1. The first-order chi connectivity index (χ1) is 8.80. The van der Waals surface area contributed by atoms with E-state index in [1.165, 1.54) is 0 Å². The molecule has 5 nitrogen and oxygen atoms in total. The topological polar surface area (TPSA) is 60.8 Å². The molecule has 1 N–H and O–H groups in total. The third-order valence-corrected chi connectivity index (χ3v) is 3.82. The Balaban J connectivity index is 2.34. The lowest BCUT2D eigenvalue weighted by Crippen LogP contribution is -2.41. The van der Waals surface area contributed by atoms with Crippen LogP contribution in [0.1, 0.15) is 33.3 Å². The van der Waals surface area contributed by atoms with Crippen LogP contribution >= 0.6 is 0 Å². The second kappa shape index (κ2) is 4.78. The quantitative estimate of drug-likeness (QED) is 0.822. The van der Waals surface area contributed by atoms with Crippen molar-refractivity contribution in [2.75, 3.05) is 7.11 Å². The van der Waals surface area contributed by atoms with Crippen molar-refractivity contribution in [1.29, 1.82) is 0 Å². The van der Waals surface area contributed by atoms with E-state index in [4.69, 9.17) is 19.2 Å². The van der Waals surface area contributed by atoms with Gasteiger partial charge in [0.15, 0.2) is 0 Å². The molecule has 1 aromatic heterocycles. The molecule has 0 bridgehead atoms. The fourth-order valence-corrected chi connectivity index (χ4v) is 1.88. The summed E-state index contributed by atoms with van der Waals surface area (Å²) in [4.78, 5) is 4.30. The van der Waals surface area contributed by atoms with E-state index in [-0.39, 0.29) is 6.61 Å². The van der Waals surface area contributed by atoms with Gasteiger partial charge in [0.1, 0.15) is 11.3 Å². The summed E-state index contributed by atoms with van der Waals surface area (Å²) in [5.41, 5.74) is 0.454. The van der Waals surface area contributed by atoms with Gasteiger partial charge in [0.2, 0.25) is 0 Å². The van der Waals surface area contributed by atoms with Gasteiger partial charge in [0.05, 0.1) is 24.9 Å². The molecule has 0 aromatic carbocycles. The molecule has 1 aliphatic rings. The molecule has 1 fully saturated rings. The molecule has 1 aromatic rings. The molecule has 1 saturated heterocycles. The van der Waals surface area contributed by atoms with E-state index in [9.17, 15) is 0 Å². The highest BCUT2D eigenvalue weighted by Crippen LogP contribution is 2.36. The van der Waals surface area contributed by atoms with Crippen molar-refractivity contribution < 1.29 is 19.2 Å². The van der Waals surface area contributed by atoms with Crippen molar-refractivity contribution in [2.45, 2.75) is 45.5 Å². The van der Waals surface area contributed by atoms with Crippen LogP contribution in [0.25, 0.3) is 0 Å². The van der Waals surface area contributed by atoms with E-state index in [0.29, 0.717) is 16.9 Å². The minimum absolute atomic E-state index is 0.0764. The molecule has 19 heavy (non-hydrogen) atoms. The molecule has 104 valence electrons. The number of aliphatic hydroxyl groups excluding tert-OH is 1. The summed E-state index contributed by atoms with van der Waals surface area (Å²) >= 11 is 0. The molecule has 2 heterocycles. The van der Waals surface area contributed by atoms with Gasteiger partial charge < -0.3 is 19.2 Å². The predicted molar refractivity (Wildman–Crippen MR) is 72.4 cm³/mol. The van der Waals surface area contributed by atoms with Crippen LogP contribution in [-0.4, -0.2) is 35.5 Å². The molecular formula is C13H20BNO4. The Kier molecular flexibility index (Phi) is 3.60. The van der Waals surface area contributed by atoms with Gasteiger partial charge in [-0.05, 0) is 39.3 Å². The molecule has 0 radical (unpaired) electrons. The Morgan fingerprint density at radius 3 is 2.32 bits per heavy atom. The summed E-state index contributed by atoms with van der Waals surface area (Å²) in [6, 6.07) is 1.74. The van der Waals surface area contributed by atoms with Crippen molar-refractivity contribution >= 4 is 12.7 Å². The van der Waals surface area contributed by atoms with Crippen LogP contribution in [0.4, 0.5) is 0 Å². The third kappa shape index (κ3) is 2.48. The molecule has 0 saturated carbocycles. The minimum atomic E-state index is -0.562. The molecule has 6 heteroatoms. The number of hydrogen-bond donors (Lipinski definition) is 1. The van der Waals surface area contributed by atoms with Gasteiger partial charge >= 0.3 is 7.12 Å². The maximum absolute atomic E-state index is 9.12. The van der Waals surface area contributed by atoms with Crippen molar-refractivity contribution in [1.82, 2.24) is 4.98 Å². The third-order valence-electron chi connectivity index (χ3n) is 3.82. The second-order valence-corrected chi connectivity index (χ2v) is 5.68. The van der Waals surface area contributed by atoms with Crippen LogP contribution in [0.2, 0.25) is 0 Å². The number of methoxy groups -OCH3 is 1. The zero-order valence-corrected chi connectivity index (χ0v) is 12.1. The smallest absolute Gasteiger partial charge is 0.496 e. The summed E-state index contributed by atoms with van der Waals surface area (Å²) < 4.78 is 17.2. The highest BCUT2D eigenvalue weighted by Gasteiger charge is 2.53. The zero-order chi connectivity index (χ0) is 14.3. The summed E-state index contributed by atoms with van der Waals surface area (Å²) in [6.07, 6.45) is 1.60. The van der Waals surface area contributed by atoms with Gasteiger partial charge in [0, 0.05) is 6.20 Å². The summed E-state index contributed by atoms with van der Waals surface area (Å²) in [7, 11) is 1.00. The average molecular weight is 265 g/mol. The van der Waals surface area contributed by atoms with E-state index in [1.807, 2.05) is 27.7 Å². The summed E-state index contributed by atoms with van der Waals surface area (Å²) in [5.74, 6) is 0.560. The van der Waals surface area contributed by atoms with Crippen LogP contribution < -0.4 is 10.3 Å². The Morgan fingerprint density at radius 2 is 1.84 bits per heavy atom. The first-order valence-corrected chi connectivity index (χ1v) is 6.30. The molecule has 1 aliphatic heterocycles. The molecule has 2 rings (SSSR count). The SMILES string of the molecule is COc1cc(CO)cnc1B1OC(C)(C)C(C)(C)O1. The molecule has 0 amide bonds. The predicted octanol–water partition coefficient (Wildman–Crippen LogP) is 0.882. The van der Waals surface area contributed by atoms with Crippen molar-refractivity contribution in [2.24, 2.45) is 0 Å². The van der Waals surface area contributed by atoms with Crippen molar-refractivity contribution in [3.8, 4) is 5.75 Å². The number of aliphatic hydroxyl groups is 1. The average Bonchev–Trinajstić information content (AvgIpc) is 2.57. The standard InChI is InChI=1S/C13H20BNO4/c1-12(2)13(3,4)19-14(18-12)11-10(17-5)6-9(8-16)7-15-11/h6-7,16H,8H2,1-5H3. The minimum Gasteiger partial charge on any atom is -0.496 e. The van der Waals surface area contributed by atoms with Gasteiger partial charge in [0.25, 0.3) is 0 Å². The molecule has 0 unspecified atom stereocenters. The largest absolute Gasteiger partial charge is 0.518 e. The van der Waals surface area contributed by atoms with E-state index >= 15 is 0 Å². The van der Waals surface area contributed by atoms with E-state index < -0.39 is 18.3 Å². The number of hydrogen-bond acceptors (Lipinski definition) is 5. The van der Waals surface area contributed by atoms with Crippen LogP contribution in [0.3, 0.4) is 0 Å². The number of ether oxygens (including phenoxy) is 1. The fraction of sp³-hybridized carbons (Fsp3) is 0.615. The first-order valence-electron chi connectivity index (χ1n) is 6.30. The summed E-state index contributed by atoms with van der Waals surface area (Å²) in [5, 5.41) is 9.12. The Labute approximate surface area is 114 Å². The first kappa shape index (κ1) is 14.3.